The SMILES string of the molecule is N#Cc1ccc2ncnc(N[C@H]3CC[C@H](N4CCC5(CC4)CC5)CC3)c2c1. The van der Waals surface area contributed by atoms with E-state index in [1.54, 1.807) is 6.33 Å². The van der Waals surface area contributed by atoms with Gasteiger partial charge in [0.05, 0.1) is 17.1 Å². The van der Waals surface area contributed by atoms with E-state index in [9.17, 15) is 5.26 Å². The Bertz CT molecular complexity index is 864. The van der Waals surface area contributed by atoms with Crippen molar-refractivity contribution in [3.05, 3.63) is 30.1 Å². The summed E-state index contributed by atoms with van der Waals surface area (Å²) in [4.78, 5) is 11.6. The number of rotatable bonds is 3. The molecule has 1 N–H and O–H groups in total. The molecule has 1 aromatic heterocycles. The molecule has 1 spiro atoms. The van der Waals surface area contributed by atoms with Crippen LogP contribution in [0, 0.1) is 16.7 Å². The van der Waals surface area contributed by atoms with Gasteiger partial charge in [0, 0.05) is 17.5 Å². The maximum atomic E-state index is 9.18. The molecule has 140 valence electrons. The highest BCUT2D eigenvalue weighted by Crippen LogP contribution is 2.54. The first-order valence-corrected chi connectivity index (χ1v) is 10.4. The summed E-state index contributed by atoms with van der Waals surface area (Å²) in [5.41, 5.74) is 2.32. The molecule has 2 aromatic rings. The minimum absolute atomic E-state index is 0.463. The smallest absolute Gasteiger partial charge is 0.137 e. The third-order valence-electron chi connectivity index (χ3n) is 7.13. The van der Waals surface area contributed by atoms with Crippen molar-refractivity contribution in [3.63, 3.8) is 0 Å². The Morgan fingerprint density at radius 3 is 2.52 bits per heavy atom. The number of aromatic nitrogens is 2. The summed E-state index contributed by atoms with van der Waals surface area (Å²) < 4.78 is 0. The molecule has 3 fully saturated rings. The molecule has 0 amide bonds. The highest BCUT2D eigenvalue weighted by Gasteiger charge is 2.45. The molecule has 5 rings (SSSR count). The molecule has 5 heteroatoms. The van der Waals surface area contributed by atoms with Crippen LogP contribution in [0.15, 0.2) is 24.5 Å². The Morgan fingerprint density at radius 1 is 1.04 bits per heavy atom. The average Bonchev–Trinajstić information content (AvgIpc) is 3.48. The van der Waals surface area contributed by atoms with Gasteiger partial charge in [-0.1, -0.05) is 0 Å². The number of fused-ring (bicyclic) bond motifs is 1. The summed E-state index contributed by atoms with van der Waals surface area (Å²) in [6.45, 7) is 2.63. The maximum Gasteiger partial charge on any atom is 0.137 e. The number of hydrogen-bond donors (Lipinski definition) is 1. The largest absolute Gasteiger partial charge is 0.367 e. The molecule has 2 aliphatic carbocycles. The Labute approximate surface area is 160 Å². The zero-order valence-corrected chi connectivity index (χ0v) is 15.8. The van der Waals surface area contributed by atoms with E-state index < -0.39 is 0 Å². The van der Waals surface area contributed by atoms with Crippen molar-refractivity contribution in [1.82, 2.24) is 14.9 Å². The molecule has 1 aliphatic heterocycles. The number of hydrogen-bond acceptors (Lipinski definition) is 5. The second-order valence-corrected chi connectivity index (χ2v) is 8.75. The van der Waals surface area contributed by atoms with Crippen molar-refractivity contribution in [3.8, 4) is 6.07 Å². The minimum Gasteiger partial charge on any atom is -0.367 e. The Balaban J connectivity index is 1.22. The fourth-order valence-corrected chi connectivity index (χ4v) is 5.06. The first-order valence-electron chi connectivity index (χ1n) is 10.4. The number of piperidine rings is 1. The molecule has 3 aliphatic rings. The van der Waals surface area contributed by atoms with Crippen molar-refractivity contribution in [2.75, 3.05) is 18.4 Å². The summed E-state index contributed by atoms with van der Waals surface area (Å²) in [5, 5.41) is 13.8. The first-order chi connectivity index (χ1) is 13.2. The summed E-state index contributed by atoms with van der Waals surface area (Å²) in [6, 6.07) is 9.06. The predicted molar refractivity (Wildman–Crippen MR) is 106 cm³/mol. The maximum absolute atomic E-state index is 9.18. The van der Waals surface area contributed by atoms with Crippen molar-refractivity contribution in [2.45, 2.75) is 63.5 Å². The molecule has 2 saturated carbocycles. The normalized spacial score (nSPS) is 27.4. The van der Waals surface area contributed by atoms with Crippen LogP contribution < -0.4 is 5.32 Å². The van der Waals surface area contributed by atoms with Crippen LogP contribution >= 0.6 is 0 Å². The van der Waals surface area contributed by atoms with Crippen LogP contribution in [-0.4, -0.2) is 40.0 Å². The van der Waals surface area contributed by atoms with Gasteiger partial charge in [0.15, 0.2) is 0 Å². The van der Waals surface area contributed by atoms with Crippen LogP contribution in [0.25, 0.3) is 10.9 Å². The number of benzene rings is 1. The van der Waals surface area contributed by atoms with Gasteiger partial charge in [-0.25, -0.2) is 9.97 Å². The van der Waals surface area contributed by atoms with Gasteiger partial charge in [-0.2, -0.15) is 5.26 Å². The number of nitrogens with one attached hydrogen (secondary N) is 1. The summed E-state index contributed by atoms with van der Waals surface area (Å²) >= 11 is 0. The summed E-state index contributed by atoms with van der Waals surface area (Å²) in [6.07, 6.45) is 12.4. The standard InChI is InChI=1S/C22H27N5/c23-14-16-1-6-20-19(13-16)21(25-15-24-20)26-17-2-4-18(5-3-17)27-11-9-22(7-8-22)10-12-27/h1,6,13,15,17-18H,2-5,7-12H2,(H,24,25,26)/t17-,18-. The lowest BCUT2D eigenvalue weighted by atomic mass is 9.86. The van der Waals surface area contributed by atoms with Crippen LogP contribution in [0.4, 0.5) is 5.82 Å². The monoisotopic (exact) mass is 361 g/mol. The fourth-order valence-electron chi connectivity index (χ4n) is 5.06. The lowest BCUT2D eigenvalue weighted by molar-refractivity contribution is 0.0975. The van der Waals surface area contributed by atoms with E-state index in [1.165, 1.54) is 64.5 Å². The lowest BCUT2D eigenvalue weighted by Gasteiger charge is -2.41. The summed E-state index contributed by atoms with van der Waals surface area (Å²) in [5.74, 6) is 0.870. The molecule has 5 nitrogen and oxygen atoms in total. The van der Waals surface area contributed by atoms with E-state index in [0.29, 0.717) is 11.6 Å². The molecule has 0 unspecified atom stereocenters. The lowest BCUT2D eigenvalue weighted by Crippen LogP contribution is -2.45. The van der Waals surface area contributed by atoms with Crippen molar-refractivity contribution in [2.24, 2.45) is 5.41 Å². The quantitative estimate of drug-likeness (QED) is 0.891. The van der Waals surface area contributed by atoms with Gasteiger partial charge in [0.25, 0.3) is 0 Å². The Morgan fingerprint density at radius 2 is 1.81 bits per heavy atom. The highest BCUT2D eigenvalue weighted by molar-refractivity contribution is 5.89. The van der Waals surface area contributed by atoms with Gasteiger partial charge in [0.2, 0.25) is 0 Å². The zero-order valence-electron chi connectivity index (χ0n) is 15.8. The van der Waals surface area contributed by atoms with Crippen LogP contribution in [0.1, 0.15) is 56.9 Å². The van der Waals surface area contributed by atoms with Gasteiger partial charge in [-0.3, -0.25) is 0 Å². The van der Waals surface area contributed by atoms with Crippen LogP contribution in [0.5, 0.6) is 0 Å². The van der Waals surface area contributed by atoms with Crippen molar-refractivity contribution >= 4 is 16.7 Å². The van der Waals surface area contributed by atoms with Gasteiger partial charge in [-0.15, -0.1) is 0 Å². The Hall–Kier alpha value is -2.19. The third-order valence-corrected chi connectivity index (χ3v) is 7.13. The zero-order chi connectivity index (χ0) is 18.3. The molecule has 0 radical (unpaired) electrons. The van der Waals surface area contributed by atoms with Gasteiger partial charge >= 0.3 is 0 Å². The molecule has 27 heavy (non-hydrogen) atoms. The molecule has 2 heterocycles. The molecular weight excluding hydrogens is 334 g/mol. The van der Waals surface area contributed by atoms with E-state index in [4.69, 9.17) is 0 Å². The van der Waals surface area contributed by atoms with Crippen LogP contribution in [-0.2, 0) is 0 Å². The topological polar surface area (TPSA) is 64.8 Å². The second kappa shape index (κ2) is 6.76. The molecular formula is C22H27N5. The molecule has 1 aromatic carbocycles. The van der Waals surface area contributed by atoms with E-state index in [2.05, 4.69) is 26.3 Å². The van der Waals surface area contributed by atoms with E-state index in [-0.39, 0.29) is 0 Å². The molecule has 1 saturated heterocycles. The van der Waals surface area contributed by atoms with Crippen LogP contribution in [0.3, 0.4) is 0 Å². The second-order valence-electron chi connectivity index (χ2n) is 8.75. The Kier molecular flexibility index (Phi) is 4.24. The summed E-state index contributed by atoms with van der Waals surface area (Å²) in [7, 11) is 0. The van der Waals surface area contributed by atoms with Gasteiger partial charge in [-0.05, 0) is 88.1 Å². The first kappa shape index (κ1) is 16.9. The van der Waals surface area contributed by atoms with Crippen molar-refractivity contribution < 1.29 is 0 Å². The van der Waals surface area contributed by atoms with E-state index >= 15 is 0 Å². The highest BCUT2D eigenvalue weighted by atomic mass is 15.2. The average molecular weight is 361 g/mol. The van der Waals surface area contributed by atoms with Gasteiger partial charge in [0.1, 0.15) is 12.1 Å². The van der Waals surface area contributed by atoms with E-state index in [1.807, 2.05) is 18.2 Å². The number of anilines is 1. The number of nitrogens with zero attached hydrogens (tertiary/aromatic N) is 4. The fraction of sp³-hybridized carbons (Fsp3) is 0.591. The van der Waals surface area contributed by atoms with Crippen molar-refractivity contribution in [1.29, 1.82) is 5.26 Å². The number of likely N-dealkylation sites (tertiary alicyclic amines) is 1. The molecule has 0 atom stereocenters. The number of nitriles is 1. The molecule has 0 bridgehead atoms. The van der Waals surface area contributed by atoms with E-state index in [0.717, 1.165) is 28.2 Å². The van der Waals surface area contributed by atoms with Gasteiger partial charge < -0.3 is 10.2 Å². The van der Waals surface area contributed by atoms with Crippen LogP contribution in [0.2, 0.25) is 0 Å². The third kappa shape index (κ3) is 3.39. The minimum atomic E-state index is 0.463. The predicted octanol–water partition coefficient (Wildman–Crippen LogP) is 4.10.